The molecule has 3 rings (SSSR count). The first-order valence-electron chi connectivity index (χ1n) is 5.07. The number of nitrogen functional groups attached to an aromatic ring is 1. The zero-order valence-electron chi connectivity index (χ0n) is 8.98. The van der Waals surface area contributed by atoms with Gasteiger partial charge in [-0.2, -0.15) is 0 Å². The van der Waals surface area contributed by atoms with Crippen molar-refractivity contribution in [2.24, 2.45) is 0 Å². The fourth-order valence-corrected chi connectivity index (χ4v) is 2.03. The van der Waals surface area contributed by atoms with E-state index < -0.39 is 0 Å². The maximum Gasteiger partial charge on any atom is 0.183 e. The number of benzene rings is 1. The monoisotopic (exact) mass is 307 g/mol. The smallest absolute Gasteiger partial charge is 0.183 e. The molecule has 0 fully saturated rings. The Hall–Kier alpha value is -2.02. The molecule has 0 aliphatic heterocycles. The maximum absolute atomic E-state index is 13.9. The largest absolute Gasteiger partial charge is 0.382 e. The van der Waals surface area contributed by atoms with Crippen LogP contribution in [0.1, 0.15) is 0 Å². The second-order valence-electron chi connectivity index (χ2n) is 3.64. The van der Waals surface area contributed by atoms with Crippen LogP contribution in [-0.4, -0.2) is 19.9 Å². The molecule has 0 unspecified atom stereocenters. The van der Waals surface area contributed by atoms with Crippen molar-refractivity contribution in [2.75, 3.05) is 5.73 Å². The predicted octanol–water partition coefficient (Wildman–Crippen LogP) is 2.50. The van der Waals surface area contributed by atoms with Gasteiger partial charge in [-0.25, -0.2) is 19.3 Å². The molecule has 2 aromatic heterocycles. The molecule has 0 aliphatic rings. The Morgan fingerprint density at radius 1 is 1.28 bits per heavy atom. The average Bonchev–Trinajstić information content (AvgIpc) is 2.78. The van der Waals surface area contributed by atoms with Gasteiger partial charge in [0, 0.05) is 0 Å². The van der Waals surface area contributed by atoms with Gasteiger partial charge >= 0.3 is 0 Å². The molecule has 0 atom stereocenters. The van der Waals surface area contributed by atoms with Gasteiger partial charge in [-0.1, -0.05) is 6.07 Å². The lowest BCUT2D eigenvalue weighted by Gasteiger charge is -2.00. The van der Waals surface area contributed by atoms with Crippen molar-refractivity contribution in [3.05, 3.63) is 34.8 Å². The number of aromatic amines is 1. The molecule has 90 valence electrons. The molecule has 0 saturated carbocycles. The zero-order valence-corrected chi connectivity index (χ0v) is 10.6. The summed E-state index contributed by atoms with van der Waals surface area (Å²) in [5.41, 5.74) is 6.96. The fourth-order valence-electron chi connectivity index (χ4n) is 1.66. The summed E-state index contributed by atoms with van der Waals surface area (Å²) in [5.74, 6) is 0.272. The normalized spacial score (nSPS) is 11.0. The number of nitrogens with two attached hydrogens (primary N) is 1. The summed E-state index contributed by atoms with van der Waals surface area (Å²) in [7, 11) is 0. The minimum absolute atomic E-state index is 0.286. The molecule has 5 nitrogen and oxygen atoms in total. The van der Waals surface area contributed by atoms with E-state index in [9.17, 15) is 4.39 Å². The Kier molecular flexibility index (Phi) is 2.48. The van der Waals surface area contributed by atoms with Gasteiger partial charge in [0.15, 0.2) is 11.5 Å². The van der Waals surface area contributed by atoms with Crippen molar-refractivity contribution in [1.29, 1.82) is 0 Å². The summed E-state index contributed by atoms with van der Waals surface area (Å²) >= 11 is 3.13. The van der Waals surface area contributed by atoms with Gasteiger partial charge in [-0.15, -0.1) is 0 Å². The highest BCUT2D eigenvalue weighted by Crippen LogP contribution is 2.27. The number of aromatic nitrogens is 4. The van der Waals surface area contributed by atoms with Crippen molar-refractivity contribution >= 4 is 32.9 Å². The van der Waals surface area contributed by atoms with Gasteiger partial charge < -0.3 is 10.7 Å². The number of halogens is 2. The highest BCUT2D eigenvalue weighted by molar-refractivity contribution is 9.10. The quantitative estimate of drug-likeness (QED) is 0.724. The van der Waals surface area contributed by atoms with Gasteiger partial charge in [0.1, 0.15) is 23.5 Å². The van der Waals surface area contributed by atoms with Crippen LogP contribution in [0.15, 0.2) is 29.0 Å². The molecule has 1 aromatic carbocycles. The third-order valence-electron chi connectivity index (χ3n) is 2.52. The number of fused-ring (bicyclic) bond motifs is 1. The van der Waals surface area contributed by atoms with Gasteiger partial charge in [0.2, 0.25) is 0 Å². The van der Waals surface area contributed by atoms with Crippen molar-refractivity contribution < 1.29 is 4.39 Å². The van der Waals surface area contributed by atoms with Crippen molar-refractivity contribution in [1.82, 2.24) is 19.9 Å². The predicted molar refractivity (Wildman–Crippen MR) is 69.2 cm³/mol. The Bertz CT molecular complexity index is 739. The van der Waals surface area contributed by atoms with E-state index in [1.807, 2.05) is 0 Å². The van der Waals surface area contributed by atoms with E-state index in [1.54, 1.807) is 18.2 Å². The zero-order chi connectivity index (χ0) is 12.7. The van der Waals surface area contributed by atoms with E-state index in [4.69, 9.17) is 5.73 Å². The molecule has 0 spiro atoms. The maximum atomic E-state index is 13.9. The number of nitrogens with one attached hydrogen (secondary N) is 1. The van der Waals surface area contributed by atoms with Crippen molar-refractivity contribution in [3.63, 3.8) is 0 Å². The molecule has 18 heavy (non-hydrogen) atoms. The summed E-state index contributed by atoms with van der Waals surface area (Å²) in [5, 5.41) is 0. The van der Waals surface area contributed by atoms with E-state index in [0.29, 0.717) is 27.0 Å². The van der Waals surface area contributed by atoms with Crippen LogP contribution >= 0.6 is 15.9 Å². The summed E-state index contributed by atoms with van der Waals surface area (Å²) < 4.78 is 14.3. The van der Waals surface area contributed by atoms with Gasteiger partial charge in [0.25, 0.3) is 0 Å². The number of hydrogen-bond acceptors (Lipinski definition) is 4. The van der Waals surface area contributed by atoms with Gasteiger partial charge in [-0.3, -0.25) is 0 Å². The van der Waals surface area contributed by atoms with Crippen molar-refractivity contribution in [3.8, 4) is 11.4 Å². The van der Waals surface area contributed by atoms with Crippen LogP contribution < -0.4 is 5.73 Å². The van der Waals surface area contributed by atoms with E-state index in [0.717, 1.165) is 0 Å². The molecule has 0 bridgehead atoms. The van der Waals surface area contributed by atoms with Crippen LogP contribution in [0, 0.1) is 5.82 Å². The third-order valence-corrected chi connectivity index (χ3v) is 3.14. The number of anilines is 1. The number of nitrogens with zero attached hydrogens (tertiary/aromatic N) is 3. The SMILES string of the molecule is Nc1ncnc2nc(-c3cccc(Br)c3F)[nH]c12. The minimum Gasteiger partial charge on any atom is -0.382 e. The molecule has 7 heteroatoms. The fraction of sp³-hybridized carbons (Fsp3) is 0. The lowest BCUT2D eigenvalue weighted by atomic mass is 10.2. The second-order valence-corrected chi connectivity index (χ2v) is 4.50. The standard InChI is InChI=1S/C11H7BrFN5/c12-6-3-1-2-5(7(6)13)10-17-8-9(14)15-4-16-11(8)18-10/h1-4H,(H3,14,15,16,17,18). The molecule has 0 amide bonds. The summed E-state index contributed by atoms with van der Waals surface area (Å²) in [4.78, 5) is 14.9. The number of hydrogen-bond donors (Lipinski definition) is 2. The van der Waals surface area contributed by atoms with Crippen LogP contribution in [-0.2, 0) is 0 Å². The number of imidazole rings is 1. The lowest BCUT2D eigenvalue weighted by molar-refractivity contribution is 0.623. The molecule has 3 aromatic rings. The van der Waals surface area contributed by atoms with E-state index in [2.05, 4.69) is 35.9 Å². The van der Waals surface area contributed by atoms with Gasteiger partial charge in [-0.05, 0) is 28.1 Å². The van der Waals surface area contributed by atoms with Crippen LogP contribution in [0.25, 0.3) is 22.6 Å². The molecule has 2 heterocycles. The molecular formula is C11H7BrFN5. The average molecular weight is 308 g/mol. The Balaban J connectivity index is 2.26. The topological polar surface area (TPSA) is 80.5 Å². The number of rotatable bonds is 1. The van der Waals surface area contributed by atoms with Gasteiger partial charge in [0.05, 0.1) is 10.0 Å². The Labute approximate surface area is 109 Å². The summed E-state index contributed by atoms with van der Waals surface area (Å²) in [6.07, 6.45) is 1.32. The van der Waals surface area contributed by atoms with Crippen LogP contribution in [0.4, 0.5) is 10.2 Å². The van der Waals surface area contributed by atoms with Crippen LogP contribution in [0.2, 0.25) is 0 Å². The number of H-pyrrole nitrogens is 1. The van der Waals surface area contributed by atoms with E-state index in [1.165, 1.54) is 6.33 Å². The Morgan fingerprint density at radius 3 is 2.89 bits per heavy atom. The third kappa shape index (κ3) is 1.63. The Morgan fingerprint density at radius 2 is 2.11 bits per heavy atom. The molecule has 3 N–H and O–H groups in total. The van der Waals surface area contributed by atoms with E-state index in [-0.39, 0.29) is 11.6 Å². The molecule has 0 saturated heterocycles. The highest BCUT2D eigenvalue weighted by Gasteiger charge is 2.14. The first-order chi connectivity index (χ1) is 8.66. The first-order valence-corrected chi connectivity index (χ1v) is 5.86. The lowest BCUT2D eigenvalue weighted by Crippen LogP contribution is -1.91. The minimum atomic E-state index is -0.386. The van der Waals surface area contributed by atoms with Crippen LogP contribution in [0.5, 0.6) is 0 Å². The van der Waals surface area contributed by atoms with Crippen molar-refractivity contribution in [2.45, 2.75) is 0 Å². The summed E-state index contributed by atoms with van der Waals surface area (Å²) in [6, 6.07) is 4.97. The van der Waals surface area contributed by atoms with E-state index >= 15 is 0 Å². The molecule has 0 aliphatic carbocycles. The highest BCUT2D eigenvalue weighted by atomic mass is 79.9. The van der Waals surface area contributed by atoms with Crippen LogP contribution in [0.3, 0.4) is 0 Å². The molecular weight excluding hydrogens is 301 g/mol. The first kappa shape index (κ1) is 11.1. The second kappa shape index (κ2) is 4.02. The summed E-state index contributed by atoms with van der Waals surface area (Å²) in [6.45, 7) is 0. The molecule has 0 radical (unpaired) electrons.